The molecular weight excluding hydrogens is 246 g/mol. The molecule has 0 saturated carbocycles. The molecule has 3 heteroatoms. The molecule has 1 aliphatic carbocycles. The van der Waals surface area contributed by atoms with Gasteiger partial charge >= 0.3 is 0 Å². The van der Waals surface area contributed by atoms with E-state index in [-0.39, 0.29) is 0 Å². The van der Waals surface area contributed by atoms with Gasteiger partial charge in [0.2, 0.25) is 0 Å². The molecule has 1 aliphatic rings. The predicted octanol–water partition coefficient (Wildman–Crippen LogP) is 3.19. The van der Waals surface area contributed by atoms with E-state index in [0.29, 0.717) is 12.0 Å². The van der Waals surface area contributed by atoms with Crippen LogP contribution in [0.25, 0.3) is 0 Å². The number of nitrogens with one attached hydrogen (secondary N) is 1. The molecule has 2 atom stereocenters. The number of fused-ring (bicyclic) bond motifs is 1. The van der Waals surface area contributed by atoms with Crippen LogP contribution < -0.4 is 5.32 Å². The van der Waals surface area contributed by atoms with Gasteiger partial charge in [-0.15, -0.1) is 0 Å². The molecular formula is C17H23N3. The van der Waals surface area contributed by atoms with Crippen molar-refractivity contribution in [2.75, 3.05) is 7.05 Å². The summed E-state index contributed by atoms with van der Waals surface area (Å²) in [6.07, 6.45) is 8.97. The monoisotopic (exact) mass is 269 g/mol. The molecule has 3 rings (SSSR count). The van der Waals surface area contributed by atoms with Gasteiger partial charge in [0, 0.05) is 13.2 Å². The zero-order chi connectivity index (χ0) is 13.9. The number of aromatic nitrogens is 2. The Morgan fingerprint density at radius 2 is 2.25 bits per heavy atom. The summed E-state index contributed by atoms with van der Waals surface area (Å²) in [6.45, 7) is 0. The van der Waals surface area contributed by atoms with E-state index < -0.39 is 0 Å². The van der Waals surface area contributed by atoms with Gasteiger partial charge in [-0.1, -0.05) is 24.3 Å². The Morgan fingerprint density at radius 1 is 1.40 bits per heavy atom. The van der Waals surface area contributed by atoms with Gasteiger partial charge < -0.3 is 9.88 Å². The van der Waals surface area contributed by atoms with Crippen molar-refractivity contribution in [2.24, 2.45) is 7.05 Å². The van der Waals surface area contributed by atoms with Gasteiger partial charge in [0.25, 0.3) is 0 Å². The number of aryl methyl sites for hydroxylation is 2. The molecule has 1 heterocycles. The Morgan fingerprint density at radius 3 is 3.00 bits per heavy atom. The Bertz CT molecular complexity index is 573. The van der Waals surface area contributed by atoms with E-state index in [9.17, 15) is 0 Å². The Hall–Kier alpha value is -1.61. The third-order valence-electron chi connectivity index (χ3n) is 4.44. The standard InChI is InChI=1S/C17H23N3/c1-18-16(17-11-20(2)12-19-17)10-14-8-5-7-13-6-3-4-9-15(13)14/h3-4,6,9,11-12,14,16,18H,5,7-8,10H2,1-2H3. The average molecular weight is 269 g/mol. The van der Waals surface area contributed by atoms with Crippen LogP contribution in [-0.2, 0) is 13.5 Å². The topological polar surface area (TPSA) is 29.9 Å². The SMILES string of the molecule is CNC(CC1CCCc2ccccc21)c1cn(C)cn1. The zero-order valence-electron chi connectivity index (χ0n) is 12.3. The molecule has 106 valence electrons. The zero-order valence-corrected chi connectivity index (χ0v) is 12.3. The van der Waals surface area contributed by atoms with E-state index in [1.807, 2.05) is 25.0 Å². The maximum Gasteiger partial charge on any atom is 0.0947 e. The highest BCUT2D eigenvalue weighted by atomic mass is 15.0. The summed E-state index contributed by atoms with van der Waals surface area (Å²) in [5.74, 6) is 0.652. The van der Waals surface area contributed by atoms with Gasteiger partial charge in [0.05, 0.1) is 18.1 Å². The minimum Gasteiger partial charge on any atom is -0.340 e. The van der Waals surface area contributed by atoms with Gasteiger partial charge in [0.15, 0.2) is 0 Å². The maximum atomic E-state index is 4.51. The van der Waals surface area contributed by atoms with Crippen LogP contribution in [-0.4, -0.2) is 16.6 Å². The molecule has 0 saturated heterocycles. The molecule has 2 unspecified atom stereocenters. The Kier molecular flexibility index (Phi) is 3.88. The van der Waals surface area contributed by atoms with Crippen LogP contribution in [0.4, 0.5) is 0 Å². The maximum absolute atomic E-state index is 4.51. The molecule has 0 amide bonds. The molecule has 0 radical (unpaired) electrons. The van der Waals surface area contributed by atoms with Crippen molar-refractivity contribution < 1.29 is 0 Å². The second-order valence-electron chi connectivity index (χ2n) is 5.83. The smallest absolute Gasteiger partial charge is 0.0947 e. The Balaban J connectivity index is 1.80. The second kappa shape index (κ2) is 5.80. The summed E-state index contributed by atoms with van der Waals surface area (Å²) in [4.78, 5) is 4.51. The number of hydrogen-bond acceptors (Lipinski definition) is 2. The van der Waals surface area contributed by atoms with E-state index in [2.05, 4.69) is 40.8 Å². The molecule has 0 aliphatic heterocycles. The van der Waals surface area contributed by atoms with Crippen LogP contribution >= 0.6 is 0 Å². The van der Waals surface area contributed by atoms with Crippen LogP contribution in [0.1, 0.15) is 48.0 Å². The summed E-state index contributed by atoms with van der Waals surface area (Å²) in [5, 5.41) is 3.43. The molecule has 3 nitrogen and oxygen atoms in total. The lowest BCUT2D eigenvalue weighted by Crippen LogP contribution is -2.21. The Labute approximate surface area is 121 Å². The summed E-state index contributed by atoms with van der Waals surface area (Å²) < 4.78 is 2.02. The molecule has 2 aromatic rings. The van der Waals surface area contributed by atoms with Crippen molar-refractivity contribution in [2.45, 2.75) is 37.6 Å². The van der Waals surface area contributed by atoms with Gasteiger partial charge in [-0.05, 0) is 49.8 Å². The number of rotatable bonds is 4. The number of nitrogens with zero attached hydrogens (tertiary/aromatic N) is 2. The van der Waals surface area contributed by atoms with Crippen molar-refractivity contribution in [3.05, 3.63) is 53.6 Å². The van der Waals surface area contributed by atoms with Gasteiger partial charge in [0.1, 0.15) is 0 Å². The lowest BCUT2D eigenvalue weighted by atomic mass is 9.79. The molecule has 1 aromatic heterocycles. The highest BCUT2D eigenvalue weighted by Gasteiger charge is 2.24. The van der Waals surface area contributed by atoms with E-state index in [0.717, 1.165) is 12.1 Å². The first-order valence-corrected chi connectivity index (χ1v) is 7.51. The van der Waals surface area contributed by atoms with E-state index >= 15 is 0 Å². The molecule has 0 fully saturated rings. The molecule has 1 N–H and O–H groups in total. The number of hydrogen-bond donors (Lipinski definition) is 1. The van der Waals surface area contributed by atoms with E-state index in [1.165, 1.54) is 19.3 Å². The highest BCUT2D eigenvalue weighted by molar-refractivity contribution is 5.33. The lowest BCUT2D eigenvalue weighted by molar-refractivity contribution is 0.434. The third-order valence-corrected chi connectivity index (χ3v) is 4.44. The number of benzene rings is 1. The quantitative estimate of drug-likeness (QED) is 0.924. The first-order chi connectivity index (χ1) is 9.78. The van der Waals surface area contributed by atoms with Crippen LogP contribution in [0.2, 0.25) is 0 Å². The number of imidazole rings is 1. The summed E-state index contributed by atoms with van der Waals surface area (Å²) in [6, 6.07) is 9.27. The first-order valence-electron chi connectivity index (χ1n) is 7.51. The minimum atomic E-state index is 0.340. The highest BCUT2D eigenvalue weighted by Crippen LogP contribution is 2.37. The van der Waals surface area contributed by atoms with Crippen LogP contribution in [0.3, 0.4) is 0 Å². The molecule has 20 heavy (non-hydrogen) atoms. The van der Waals surface area contributed by atoms with Crippen molar-refractivity contribution >= 4 is 0 Å². The fourth-order valence-corrected chi connectivity index (χ4v) is 3.38. The van der Waals surface area contributed by atoms with E-state index in [1.54, 1.807) is 11.1 Å². The van der Waals surface area contributed by atoms with Crippen molar-refractivity contribution in [1.82, 2.24) is 14.9 Å². The first kappa shape index (κ1) is 13.4. The largest absolute Gasteiger partial charge is 0.340 e. The minimum absolute atomic E-state index is 0.340. The molecule has 1 aromatic carbocycles. The third kappa shape index (κ3) is 2.63. The summed E-state index contributed by atoms with van der Waals surface area (Å²) in [5.41, 5.74) is 4.24. The lowest BCUT2D eigenvalue weighted by Gasteiger charge is -2.28. The van der Waals surface area contributed by atoms with Crippen molar-refractivity contribution in [3.63, 3.8) is 0 Å². The molecule has 0 spiro atoms. The van der Waals surface area contributed by atoms with Gasteiger partial charge in [-0.3, -0.25) is 0 Å². The van der Waals surface area contributed by atoms with Crippen LogP contribution in [0.5, 0.6) is 0 Å². The van der Waals surface area contributed by atoms with Crippen LogP contribution in [0.15, 0.2) is 36.8 Å². The normalized spacial score (nSPS) is 19.6. The fraction of sp³-hybridized carbons (Fsp3) is 0.471. The predicted molar refractivity (Wildman–Crippen MR) is 81.7 cm³/mol. The fourth-order valence-electron chi connectivity index (χ4n) is 3.38. The van der Waals surface area contributed by atoms with Crippen LogP contribution in [0, 0.1) is 0 Å². The second-order valence-corrected chi connectivity index (χ2v) is 5.83. The molecule has 0 bridgehead atoms. The summed E-state index contributed by atoms with van der Waals surface area (Å²) >= 11 is 0. The van der Waals surface area contributed by atoms with Gasteiger partial charge in [-0.2, -0.15) is 0 Å². The van der Waals surface area contributed by atoms with Gasteiger partial charge in [-0.25, -0.2) is 4.98 Å². The summed E-state index contributed by atoms with van der Waals surface area (Å²) in [7, 11) is 4.06. The average Bonchev–Trinajstić information content (AvgIpc) is 2.91. The van der Waals surface area contributed by atoms with E-state index in [4.69, 9.17) is 0 Å². The van der Waals surface area contributed by atoms with Crippen molar-refractivity contribution in [1.29, 1.82) is 0 Å². The van der Waals surface area contributed by atoms with Crippen molar-refractivity contribution in [3.8, 4) is 0 Å².